The molecular formula is C14H28O2. The molecule has 16 heavy (non-hydrogen) atoms. The van der Waals surface area contributed by atoms with Crippen LogP contribution in [-0.4, -0.2) is 23.4 Å². The highest BCUT2D eigenvalue weighted by Crippen LogP contribution is 2.33. The van der Waals surface area contributed by atoms with Gasteiger partial charge in [-0.2, -0.15) is 0 Å². The molecule has 0 aromatic rings. The smallest absolute Gasteiger partial charge is 0.0802 e. The molecule has 0 bridgehead atoms. The van der Waals surface area contributed by atoms with E-state index in [1.54, 1.807) is 0 Å². The van der Waals surface area contributed by atoms with E-state index >= 15 is 0 Å². The van der Waals surface area contributed by atoms with Gasteiger partial charge in [-0.05, 0) is 45.4 Å². The summed E-state index contributed by atoms with van der Waals surface area (Å²) in [4.78, 5) is 0. The Morgan fingerprint density at radius 3 is 2.56 bits per heavy atom. The first-order chi connectivity index (χ1) is 7.42. The molecule has 1 fully saturated rings. The molecule has 0 amide bonds. The van der Waals surface area contributed by atoms with Crippen LogP contribution in [0.2, 0.25) is 0 Å². The summed E-state index contributed by atoms with van der Waals surface area (Å²) in [5.41, 5.74) is -0.139. The van der Waals surface area contributed by atoms with Crippen molar-refractivity contribution in [3.63, 3.8) is 0 Å². The third-order valence-corrected chi connectivity index (χ3v) is 3.63. The van der Waals surface area contributed by atoms with Crippen LogP contribution in [0.15, 0.2) is 0 Å². The Labute approximate surface area is 100 Å². The first kappa shape index (κ1) is 14.0. The number of aliphatic hydroxyl groups is 1. The molecule has 0 spiro atoms. The Morgan fingerprint density at radius 2 is 2.00 bits per heavy atom. The molecule has 0 aromatic heterocycles. The minimum absolute atomic E-state index is 0.139. The first-order valence-electron chi connectivity index (χ1n) is 6.74. The minimum atomic E-state index is -0.270. The van der Waals surface area contributed by atoms with Gasteiger partial charge in [0.05, 0.1) is 18.3 Å². The van der Waals surface area contributed by atoms with Gasteiger partial charge in [0.1, 0.15) is 0 Å². The maximum absolute atomic E-state index is 10.1. The van der Waals surface area contributed by atoms with E-state index in [0.717, 1.165) is 5.92 Å². The van der Waals surface area contributed by atoms with Crippen LogP contribution >= 0.6 is 0 Å². The zero-order chi connectivity index (χ0) is 12.2. The lowest BCUT2D eigenvalue weighted by molar-refractivity contribution is -0.0715. The minimum Gasteiger partial charge on any atom is -0.390 e. The third kappa shape index (κ3) is 4.84. The van der Waals surface area contributed by atoms with Gasteiger partial charge in [0.15, 0.2) is 0 Å². The Balaban J connectivity index is 2.32. The lowest BCUT2D eigenvalue weighted by Crippen LogP contribution is -2.33. The molecule has 0 aliphatic heterocycles. The molecule has 0 aromatic carbocycles. The van der Waals surface area contributed by atoms with E-state index in [4.69, 9.17) is 4.74 Å². The largest absolute Gasteiger partial charge is 0.390 e. The number of aliphatic hydroxyl groups excluding tert-OH is 1. The van der Waals surface area contributed by atoms with Gasteiger partial charge in [-0.3, -0.25) is 0 Å². The summed E-state index contributed by atoms with van der Waals surface area (Å²) in [7, 11) is 0. The molecule has 1 aliphatic carbocycles. The summed E-state index contributed by atoms with van der Waals surface area (Å²) in [6.45, 7) is 8.86. The van der Waals surface area contributed by atoms with Crippen LogP contribution in [0.25, 0.3) is 0 Å². The van der Waals surface area contributed by atoms with E-state index in [9.17, 15) is 5.11 Å². The van der Waals surface area contributed by atoms with Crippen molar-refractivity contribution in [2.75, 3.05) is 6.61 Å². The van der Waals surface area contributed by atoms with Crippen molar-refractivity contribution < 1.29 is 9.84 Å². The fourth-order valence-corrected chi connectivity index (χ4v) is 2.52. The Bertz CT molecular complexity index is 195. The lowest BCUT2D eigenvalue weighted by atomic mass is 9.78. The van der Waals surface area contributed by atoms with Crippen LogP contribution in [0.3, 0.4) is 0 Å². The normalized spacial score (nSPS) is 29.1. The first-order valence-corrected chi connectivity index (χ1v) is 6.74. The topological polar surface area (TPSA) is 29.5 Å². The van der Waals surface area contributed by atoms with E-state index in [0.29, 0.717) is 12.5 Å². The SMILES string of the molecule is CCC1CCCC(C(O)COC(C)(C)C)C1. The van der Waals surface area contributed by atoms with E-state index in [1.165, 1.54) is 32.1 Å². The maximum atomic E-state index is 10.1. The van der Waals surface area contributed by atoms with Gasteiger partial charge in [0.2, 0.25) is 0 Å². The molecule has 1 saturated carbocycles. The van der Waals surface area contributed by atoms with Crippen molar-refractivity contribution >= 4 is 0 Å². The van der Waals surface area contributed by atoms with Crippen LogP contribution in [-0.2, 0) is 4.74 Å². The summed E-state index contributed by atoms with van der Waals surface area (Å²) in [6.07, 6.45) is 5.96. The molecule has 3 unspecified atom stereocenters. The van der Waals surface area contributed by atoms with Crippen molar-refractivity contribution in [3.8, 4) is 0 Å². The van der Waals surface area contributed by atoms with Crippen molar-refractivity contribution in [1.82, 2.24) is 0 Å². The summed E-state index contributed by atoms with van der Waals surface area (Å²) in [6, 6.07) is 0. The molecule has 1 N–H and O–H groups in total. The average Bonchev–Trinajstić information content (AvgIpc) is 2.25. The average molecular weight is 228 g/mol. The molecule has 1 rings (SSSR count). The molecule has 3 atom stereocenters. The van der Waals surface area contributed by atoms with Gasteiger partial charge < -0.3 is 9.84 Å². The molecule has 0 radical (unpaired) electrons. The zero-order valence-electron chi connectivity index (χ0n) is 11.3. The summed E-state index contributed by atoms with van der Waals surface area (Å²) < 4.78 is 5.66. The standard InChI is InChI=1S/C14H28O2/c1-5-11-7-6-8-12(9-11)13(15)10-16-14(2,3)4/h11-13,15H,5-10H2,1-4H3. The highest BCUT2D eigenvalue weighted by Gasteiger charge is 2.27. The molecule has 0 heterocycles. The number of hydrogen-bond acceptors (Lipinski definition) is 2. The Kier molecular flexibility index (Phi) is 5.26. The van der Waals surface area contributed by atoms with Crippen molar-refractivity contribution in [2.45, 2.75) is 71.5 Å². The summed E-state index contributed by atoms with van der Waals surface area (Å²) >= 11 is 0. The second kappa shape index (κ2) is 6.02. The van der Waals surface area contributed by atoms with Crippen LogP contribution in [0.5, 0.6) is 0 Å². The molecule has 0 saturated heterocycles. The van der Waals surface area contributed by atoms with Crippen LogP contribution in [0.1, 0.15) is 59.8 Å². The lowest BCUT2D eigenvalue weighted by Gasteiger charge is -2.33. The van der Waals surface area contributed by atoms with Gasteiger partial charge in [-0.25, -0.2) is 0 Å². The van der Waals surface area contributed by atoms with E-state index in [-0.39, 0.29) is 11.7 Å². The molecule has 1 aliphatic rings. The summed E-state index contributed by atoms with van der Waals surface area (Å²) in [5, 5.41) is 10.1. The van der Waals surface area contributed by atoms with Crippen molar-refractivity contribution in [2.24, 2.45) is 11.8 Å². The van der Waals surface area contributed by atoms with Gasteiger partial charge in [-0.15, -0.1) is 0 Å². The van der Waals surface area contributed by atoms with Crippen LogP contribution in [0, 0.1) is 11.8 Å². The number of hydrogen-bond donors (Lipinski definition) is 1. The number of ether oxygens (including phenoxy) is 1. The van der Waals surface area contributed by atoms with Crippen LogP contribution < -0.4 is 0 Å². The second-order valence-electron chi connectivity index (χ2n) is 6.19. The molecule has 2 nitrogen and oxygen atoms in total. The van der Waals surface area contributed by atoms with Gasteiger partial charge >= 0.3 is 0 Å². The predicted octanol–water partition coefficient (Wildman–Crippen LogP) is 3.38. The molecule has 96 valence electrons. The van der Waals surface area contributed by atoms with Gasteiger partial charge in [0, 0.05) is 0 Å². The number of rotatable bonds is 4. The van der Waals surface area contributed by atoms with E-state index < -0.39 is 0 Å². The quantitative estimate of drug-likeness (QED) is 0.799. The van der Waals surface area contributed by atoms with Crippen LogP contribution in [0.4, 0.5) is 0 Å². The highest BCUT2D eigenvalue weighted by molar-refractivity contribution is 4.78. The summed E-state index contributed by atoms with van der Waals surface area (Å²) in [5.74, 6) is 1.28. The second-order valence-corrected chi connectivity index (χ2v) is 6.19. The third-order valence-electron chi connectivity index (χ3n) is 3.63. The van der Waals surface area contributed by atoms with E-state index in [2.05, 4.69) is 6.92 Å². The monoisotopic (exact) mass is 228 g/mol. The van der Waals surface area contributed by atoms with Crippen molar-refractivity contribution in [3.05, 3.63) is 0 Å². The Hall–Kier alpha value is -0.0800. The van der Waals surface area contributed by atoms with E-state index in [1.807, 2.05) is 20.8 Å². The molecule has 2 heteroatoms. The fraction of sp³-hybridized carbons (Fsp3) is 1.00. The maximum Gasteiger partial charge on any atom is 0.0802 e. The predicted molar refractivity (Wildman–Crippen MR) is 67.5 cm³/mol. The van der Waals surface area contributed by atoms with Gasteiger partial charge in [-0.1, -0.05) is 26.2 Å². The van der Waals surface area contributed by atoms with Gasteiger partial charge in [0.25, 0.3) is 0 Å². The molecular weight excluding hydrogens is 200 g/mol. The zero-order valence-corrected chi connectivity index (χ0v) is 11.3. The fourth-order valence-electron chi connectivity index (χ4n) is 2.52. The highest BCUT2D eigenvalue weighted by atomic mass is 16.5. The van der Waals surface area contributed by atoms with Crippen molar-refractivity contribution in [1.29, 1.82) is 0 Å². The Morgan fingerprint density at radius 1 is 1.31 bits per heavy atom.